The number of benzene rings is 1. The fourth-order valence-corrected chi connectivity index (χ4v) is 3.74. The van der Waals surface area contributed by atoms with E-state index < -0.39 is 0 Å². The predicted octanol–water partition coefficient (Wildman–Crippen LogP) is 5.37. The number of carbonyl (C=O) groups excluding carboxylic acids is 1. The quantitative estimate of drug-likeness (QED) is 0.461. The van der Waals surface area contributed by atoms with Gasteiger partial charge in [-0.05, 0) is 66.2 Å². The Kier molecular flexibility index (Phi) is 6.20. The van der Waals surface area contributed by atoms with Crippen LogP contribution >= 0.6 is 43.6 Å². The van der Waals surface area contributed by atoms with Crippen molar-refractivity contribution in [3.8, 4) is 11.6 Å². The fraction of sp³-hybridized carbons (Fsp3) is 0.235. The van der Waals surface area contributed by atoms with E-state index in [0.717, 1.165) is 10.2 Å². The summed E-state index contributed by atoms with van der Waals surface area (Å²) in [6, 6.07) is 11.2. The van der Waals surface area contributed by atoms with Gasteiger partial charge in [-0.3, -0.25) is 9.36 Å². The first-order valence-electron chi connectivity index (χ1n) is 7.83. The van der Waals surface area contributed by atoms with Crippen LogP contribution in [0, 0.1) is 0 Å². The van der Waals surface area contributed by atoms with E-state index in [0.29, 0.717) is 21.4 Å². The van der Waals surface area contributed by atoms with Crippen LogP contribution in [0.4, 0.5) is 5.69 Å². The third kappa shape index (κ3) is 4.57. The van der Waals surface area contributed by atoms with Crippen LogP contribution in [-0.2, 0) is 4.79 Å². The first kappa shape index (κ1) is 19.2. The van der Waals surface area contributed by atoms with Crippen molar-refractivity contribution in [3.05, 3.63) is 45.5 Å². The Hall–Kier alpha value is -1.58. The molecular weight excluding hydrogens is 484 g/mol. The van der Waals surface area contributed by atoms with Gasteiger partial charge in [-0.25, -0.2) is 0 Å². The highest BCUT2D eigenvalue weighted by Crippen LogP contribution is 2.30. The van der Waals surface area contributed by atoms with Crippen molar-refractivity contribution >= 4 is 55.2 Å². The molecule has 2 aromatic heterocycles. The molecule has 9 heteroatoms. The van der Waals surface area contributed by atoms with Crippen LogP contribution in [0.1, 0.15) is 19.9 Å². The molecule has 136 valence electrons. The standard InChI is InChI=1S/C17H16Br2N4O2S/c1-10(2)23-16(13-7-8-14(19)25-13)21-22-17(23)26-9-15(24)20-12-5-3-11(18)4-6-12/h3-8,10H,9H2,1-2H3,(H,20,24). The lowest BCUT2D eigenvalue weighted by Gasteiger charge is -2.12. The number of carbonyl (C=O) groups is 1. The summed E-state index contributed by atoms with van der Waals surface area (Å²) < 4.78 is 9.15. The highest BCUT2D eigenvalue weighted by atomic mass is 79.9. The molecule has 0 radical (unpaired) electrons. The van der Waals surface area contributed by atoms with Crippen LogP contribution in [0.15, 0.2) is 55.1 Å². The number of thioether (sulfide) groups is 1. The van der Waals surface area contributed by atoms with Crippen LogP contribution in [-0.4, -0.2) is 26.4 Å². The number of hydrogen-bond donors (Lipinski definition) is 1. The number of amides is 1. The number of halogens is 2. The van der Waals surface area contributed by atoms with Crippen LogP contribution in [0.5, 0.6) is 0 Å². The number of furan rings is 1. The average molecular weight is 500 g/mol. The maximum absolute atomic E-state index is 12.2. The van der Waals surface area contributed by atoms with Crippen LogP contribution in [0.2, 0.25) is 0 Å². The summed E-state index contributed by atoms with van der Waals surface area (Å²) in [4.78, 5) is 12.2. The van der Waals surface area contributed by atoms with Crippen molar-refractivity contribution in [2.24, 2.45) is 0 Å². The van der Waals surface area contributed by atoms with Crippen LogP contribution in [0.3, 0.4) is 0 Å². The van der Waals surface area contributed by atoms with E-state index in [1.807, 2.05) is 54.8 Å². The van der Waals surface area contributed by atoms with Gasteiger partial charge < -0.3 is 9.73 Å². The van der Waals surface area contributed by atoms with Crippen LogP contribution in [0.25, 0.3) is 11.6 Å². The smallest absolute Gasteiger partial charge is 0.234 e. The zero-order chi connectivity index (χ0) is 18.7. The molecule has 0 aliphatic heterocycles. The molecule has 1 amide bonds. The summed E-state index contributed by atoms with van der Waals surface area (Å²) in [6.45, 7) is 4.08. The largest absolute Gasteiger partial charge is 0.446 e. The monoisotopic (exact) mass is 498 g/mol. The molecule has 1 aromatic carbocycles. The van der Waals surface area contributed by atoms with Crippen LogP contribution < -0.4 is 5.32 Å². The van der Waals surface area contributed by atoms with Gasteiger partial charge >= 0.3 is 0 Å². The summed E-state index contributed by atoms with van der Waals surface area (Å²) in [5.74, 6) is 1.41. The van der Waals surface area contributed by atoms with Gasteiger partial charge in [0.1, 0.15) is 0 Å². The van der Waals surface area contributed by atoms with Gasteiger partial charge in [0.15, 0.2) is 15.6 Å². The number of nitrogens with one attached hydrogen (secondary N) is 1. The Morgan fingerprint density at radius 1 is 1.19 bits per heavy atom. The zero-order valence-electron chi connectivity index (χ0n) is 14.1. The molecule has 0 unspecified atom stereocenters. The number of hydrogen-bond acceptors (Lipinski definition) is 5. The van der Waals surface area contributed by atoms with E-state index in [9.17, 15) is 4.79 Å². The van der Waals surface area contributed by atoms with Crippen molar-refractivity contribution in [2.45, 2.75) is 25.0 Å². The summed E-state index contributed by atoms with van der Waals surface area (Å²) in [7, 11) is 0. The highest BCUT2D eigenvalue weighted by molar-refractivity contribution is 9.10. The first-order chi connectivity index (χ1) is 12.4. The molecule has 0 spiro atoms. The minimum Gasteiger partial charge on any atom is -0.446 e. The maximum Gasteiger partial charge on any atom is 0.234 e. The number of nitrogens with zero attached hydrogens (tertiary/aromatic N) is 3. The van der Waals surface area contributed by atoms with E-state index in [1.165, 1.54) is 11.8 Å². The lowest BCUT2D eigenvalue weighted by Crippen LogP contribution is -2.15. The summed E-state index contributed by atoms with van der Waals surface area (Å²) >= 11 is 8.01. The van der Waals surface area contributed by atoms with Crippen molar-refractivity contribution in [1.82, 2.24) is 14.8 Å². The molecule has 3 rings (SSSR count). The SMILES string of the molecule is CC(C)n1c(SCC(=O)Nc2ccc(Br)cc2)nnc1-c1ccc(Br)o1. The molecule has 0 aliphatic rings. The Morgan fingerprint density at radius 3 is 2.54 bits per heavy atom. The van der Waals surface area contributed by atoms with Gasteiger partial charge in [0.2, 0.25) is 11.7 Å². The molecule has 26 heavy (non-hydrogen) atoms. The third-order valence-corrected chi connectivity index (χ3v) is 5.33. The molecule has 0 atom stereocenters. The van der Waals surface area contributed by atoms with E-state index >= 15 is 0 Å². The fourth-order valence-electron chi connectivity index (χ4n) is 2.30. The molecule has 3 aromatic rings. The normalized spacial score (nSPS) is 11.1. The number of aromatic nitrogens is 3. The topological polar surface area (TPSA) is 73.0 Å². The minimum atomic E-state index is -0.0991. The first-order valence-corrected chi connectivity index (χ1v) is 10.4. The number of anilines is 1. The van der Waals surface area contributed by atoms with Gasteiger partial charge in [-0.2, -0.15) is 0 Å². The summed E-state index contributed by atoms with van der Waals surface area (Å²) in [5.41, 5.74) is 0.755. The number of rotatable bonds is 6. The molecular formula is C17H16Br2N4O2S. The Morgan fingerprint density at radius 2 is 1.92 bits per heavy atom. The second-order valence-corrected chi connectivity index (χ2v) is 8.36. The van der Waals surface area contributed by atoms with E-state index in [2.05, 4.69) is 47.4 Å². The van der Waals surface area contributed by atoms with Gasteiger partial charge in [0, 0.05) is 16.2 Å². The lowest BCUT2D eigenvalue weighted by atomic mass is 10.3. The molecule has 0 aliphatic carbocycles. The van der Waals surface area contributed by atoms with Crippen molar-refractivity contribution in [1.29, 1.82) is 0 Å². The third-order valence-electron chi connectivity index (χ3n) is 3.43. The molecule has 6 nitrogen and oxygen atoms in total. The Bertz CT molecular complexity index is 906. The minimum absolute atomic E-state index is 0.0991. The molecule has 0 bridgehead atoms. The van der Waals surface area contributed by atoms with Gasteiger partial charge in [0.25, 0.3) is 0 Å². The van der Waals surface area contributed by atoms with Crippen molar-refractivity contribution in [3.63, 3.8) is 0 Å². The average Bonchev–Trinajstić information content (AvgIpc) is 3.21. The van der Waals surface area contributed by atoms with Crippen molar-refractivity contribution in [2.75, 3.05) is 11.1 Å². The molecule has 0 saturated carbocycles. The molecule has 0 saturated heterocycles. The van der Waals surface area contributed by atoms with Gasteiger partial charge in [0.05, 0.1) is 5.75 Å². The van der Waals surface area contributed by atoms with E-state index in [-0.39, 0.29) is 17.7 Å². The summed E-state index contributed by atoms with van der Waals surface area (Å²) in [5, 5.41) is 12.0. The second-order valence-electron chi connectivity index (χ2n) is 5.72. The highest BCUT2D eigenvalue weighted by Gasteiger charge is 2.20. The van der Waals surface area contributed by atoms with E-state index in [4.69, 9.17) is 4.42 Å². The Balaban J connectivity index is 1.70. The maximum atomic E-state index is 12.2. The van der Waals surface area contributed by atoms with E-state index in [1.54, 1.807) is 0 Å². The lowest BCUT2D eigenvalue weighted by molar-refractivity contribution is -0.113. The zero-order valence-corrected chi connectivity index (χ0v) is 18.1. The predicted molar refractivity (Wildman–Crippen MR) is 109 cm³/mol. The van der Waals surface area contributed by atoms with Gasteiger partial charge in [-0.1, -0.05) is 27.7 Å². The Labute approximate surface area is 172 Å². The van der Waals surface area contributed by atoms with Crippen molar-refractivity contribution < 1.29 is 9.21 Å². The molecule has 1 N–H and O–H groups in total. The second kappa shape index (κ2) is 8.41. The molecule has 0 fully saturated rings. The van der Waals surface area contributed by atoms with Gasteiger partial charge in [-0.15, -0.1) is 10.2 Å². The molecule has 2 heterocycles. The summed E-state index contributed by atoms with van der Waals surface area (Å²) in [6.07, 6.45) is 0.